The summed E-state index contributed by atoms with van der Waals surface area (Å²) in [5.41, 5.74) is 3.23. The number of nitrogens with zero attached hydrogens (tertiary/aromatic N) is 1. The minimum atomic E-state index is 0.212. The molecule has 7 heteroatoms. The molecule has 19 heavy (non-hydrogen) atoms. The van der Waals surface area contributed by atoms with Gasteiger partial charge in [-0.25, -0.2) is 5.84 Å². The first-order valence-electron chi connectivity index (χ1n) is 5.28. The van der Waals surface area contributed by atoms with Crippen LogP contribution in [-0.2, 0) is 0 Å². The Hall–Kier alpha value is -1.20. The van der Waals surface area contributed by atoms with Crippen LogP contribution in [-0.4, -0.2) is 4.98 Å². The second-order valence-electron chi connectivity index (χ2n) is 3.76. The van der Waals surface area contributed by atoms with Crippen LogP contribution in [0.4, 0.5) is 5.82 Å². The zero-order valence-corrected chi connectivity index (χ0v) is 12.1. The number of ether oxygens (including phenoxy) is 1. The molecule has 1 aromatic carbocycles. The average molecular weight is 319 g/mol. The molecule has 0 saturated carbocycles. The summed E-state index contributed by atoms with van der Waals surface area (Å²) in [6.07, 6.45) is 0. The van der Waals surface area contributed by atoms with Gasteiger partial charge in [0.15, 0.2) is 5.82 Å². The molecular formula is C12H10Cl3N3O. The Morgan fingerprint density at radius 2 is 1.89 bits per heavy atom. The highest BCUT2D eigenvalue weighted by Crippen LogP contribution is 2.34. The second kappa shape index (κ2) is 5.84. The molecule has 0 aliphatic rings. The molecule has 0 aliphatic heterocycles. The van der Waals surface area contributed by atoms with Gasteiger partial charge in [-0.15, -0.1) is 0 Å². The summed E-state index contributed by atoms with van der Waals surface area (Å²) >= 11 is 17.8. The van der Waals surface area contributed by atoms with Crippen molar-refractivity contribution in [3.05, 3.63) is 44.9 Å². The van der Waals surface area contributed by atoms with Crippen molar-refractivity contribution in [3.63, 3.8) is 0 Å². The van der Waals surface area contributed by atoms with Crippen molar-refractivity contribution in [1.82, 2.24) is 4.98 Å². The molecular weight excluding hydrogens is 309 g/mol. The third kappa shape index (κ3) is 3.22. The van der Waals surface area contributed by atoms with Gasteiger partial charge in [0.2, 0.25) is 5.88 Å². The summed E-state index contributed by atoms with van der Waals surface area (Å²) in [5, 5.41) is 1.23. The van der Waals surface area contributed by atoms with Crippen LogP contribution in [0.15, 0.2) is 24.3 Å². The van der Waals surface area contributed by atoms with E-state index in [1.807, 2.05) is 6.92 Å². The summed E-state index contributed by atoms with van der Waals surface area (Å²) in [4.78, 5) is 4.09. The third-order valence-corrected chi connectivity index (χ3v) is 3.17. The first kappa shape index (κ1) is 14.2. The summed E-state index contributed by atoms with van der Waals surface area (Å²) in [7, 11) is 0. The van der Waals surface area contributed by atoms with Crippen LogP contribution in [0.25, 0.3) is 0 Å². The van der Waals surface area contributed by atoms with E-state index in [0.29, 0.717) is 20.8 Å². The van der Waals surface area contributed by atoms with Crippen molar-refractivity contribution in [1.29, 1.82) is 0 Å². The molecule has 3 N–H and O–H groups in total. The zero-order chi connectivity index (χ0) is 14.0. The maximum atomic E-state index is 6.03. The van der Waals surface area contributed by atoms with E-state index < -0.39 is 0 Å². The van der Waals surface area contributed by atoms with E-state index >= 15 is 0 Å². The summed E-state index contributed by atoms with van der Waals surface area (Å²) in [5.74, 6) is 6.40. The minimum absolute atomic E-state index is 0.212. The molecule has 2 aromatic rings. The molecule has 0 bridgehead atoms. The van der Waals surface area contributed by atoms with Crippen LogP contribution in [0.3, 0.4) is 0 Å². The van der Waals surface area contributed by atoms with Crippen LogP contribution < -0.4 is 16.0 Å². The SMILES string of the molecule is Cc1cc(Cl)ccc1Oc1nc(NN)c(Cl)cc1Cl. The van der Waals surface area contributed by atoms with Gasteiger partial charge in [-0.3, -0.25) is 0 Å². The van der Waals surface area contributed by atoms with Crippen LogP contribution in [0.2, 0.25) is 15.1 Å². The largest absolute Gasteiger partial charge is 0.437 e. The number of nitrogens with two attached hydrogens (primary N) is 1. The van der Waals surface area contributed by atoms with Crippen molar-refractivity contribution < 1.29 is 4.74 Å². The third-order valence-electron chi connectivity index (χ3n) is 2.38. The maximum absolute atomic E-state index is 6.03. The summed E-state index contributed by atoms with van der Waals surface area (Å²) in [6.45, 7) is 1.87. The molecule has 1 heterocycles. The Morgan fingerprint density at radius 3 is 2.53 bits per heavy atom. The van der Waals surface area contributed by atoms with E-state index in [2.05, 4.69) is 10.4 Å². The number of nitrogen functional groups attached to an aromatic ring is 1. The van der Waals surface area contributed by atoms with Crippen molar-refractivity contribution in [3.8, 4) is 11.6 Å². The molecule has 100 valence electrons. The number of nitrogens with one attached hydrogen (secondary N) is 1. The fraction of sp³-hybridized carbons (Fsp3) is 0.0833. The highest BCUT2D eigenvalue weighted by Gasteiger charge is 2.12. The van der Waals surface area contributed by atoms with Crippen molar-refractivity contribution in [2.24, 2.45) is 5.84 Å². The highest BCUT2D eigenvalue weighted by atomic mass is 35.5. The lowest BCUT2D eigenvalue weighted by Crippen LogP contribution is -2.09. The van der Waals surface area contributed by atoms with Crippen molar-refractivity contribution in [2.45, 2.75) is 6.92 Å². The molecule has 0 atom stereocenters. The number of rotatable bonds is 3. The molecule has 0 aliphatic carbocycles. The average Bonchev–Trinajstić information content (AvgIpc) is 2.35. The van der Waals surface area contributed by atoms with Crippen molar-refractivity contribution in [2.75, 3.05) is 5.43 Å². The van der Waals surface area contributed by atoms with Gasteiger partial charge in [-0.05, 0) is 36.8 Å². The van der Waals surface area contributed by atoms with Crippen LogP contribution >= 0.6 is 34.8 Å². The number of hydrogen-bond donors (Lipinski definition) is 2. The second-order valence-corrected chi connectivity index (χ2v) is 5.01. The standard InChI is InChI=1S/C12H10Cl3N3O/c1-6-4-7(13)2-3-10(6)19-12-9(15)5-8(14)11(17-12)18-16/h2-5H,16H2,1H3,(H,17,18). The van der Waals surface area contributed by atoms with Gasteiger partial charge in [0.1, 0.15) is 10.8 Å². The lowest BCUT2D eigenvalue weighted by Gasteiger charge is -2.11. The monoisotopic (exact) mass is 317 g/mol. The smallest absolute Gasteiger partial charge is 0.240 e. The van der Waals surface area contributed by atoms with Crippen LogP contribution in [0.5, 0.6) is 11.6 Å². The molecule has 0 unspecified atom stereocenters. The topological polar surface area (TPSA) is 60.2 Å². The molecule has 0 amide bonds. The summed E-state index contributed by atoms with van der Waals surface area (Å²) < 4.78 is 5.64. The minimum Gasteiger partial charge on any atom is -0.437 e. The van der Waals surface area contributed by atoms with Gasteiger partial charge in [-0.1, -0.05) is 34.8 Å². The predicted molar refractivity (Wildman–Crippen MR) is 78.3 cm³/mol. The fourth-order valence-corrected chi connectivity index (χ4v) is 2.13. The van der Waals surface area contributed by atoms with Crippen LogP contribution in [0, 0.1) is 6.92 Å². The Bertz CT molecular complexity index is 619. The van der Waals surface area contributed by atoms with Gasteiger partial charge < -0.3 is 10.2 Å². The Kier molecular flexibility index (Phi) is 4.37. The predicted octanol–water partition coefficient (Wildman–Crippen LogP) is 4.43. The molecule has 4 nitrogen and oxygen atoms in total. The first-order chi connectivity index (χ1) is 9.01. The molecule has 0 saturated heterocycles. The van der Waals surface area contributed by atoms with Gasteiger partial charge in [-0.2, -0.15) is 4.98 Å². The van der Waals surface area contributed by atoms with Gasteiger partial charge in [0, 0.05) is 5.02 Å². The zero-order valence-electron chi connectivity index (χ0n) is 9.88. The first-order valence-corrected chi connectivity index (χ1v) is 6.41. The van der Waals surface area contributed by atoms with E-state index in [-0.39, 0.29) is 11.7 Å². The lowest BCUT2D eigenvalue weighted by molar-refractivity contribution is 0.460. The number of anilines is 1. The highest BCUT2D eigenvalue weighted by molar-refractivity contribution is 6.36. The fourth-order valence-electron chi connectivity index (χ4n) is 1.45. The number of pyridine rings is 1. The Labute approximate surface area is 125 Å². The van der Waals surface area contributed by atoms with E-state index in [0.717, 1.165) is 5.56 Å². The van der Waals surface area contributed by atoms with E-state index in [1.54, 1.807) is 18.2 Å². The number of aryl methyl sites for hydroxylation is 1. The molecule has 1 aromatic heterocycles. The normalized spacial score (nSPS) is 10.4. The molecule has 0 fully saturated rings. The Morgan fingerprint density at radius 1 is 1.16 bits per heavy atom. The van der Waals surface area contributed by atoms with Gasteiger partial charge in [0.25, 0.3) is 0 Å². The quantitative estimate of drug-likeness (QED) is 0.649. The number of halogens is 3. The van der Waals surface area contributed by atoms with Crippen LogP contribution in [0.1, 0.15) is 5.56 Å². The van der Waals surface area contributed by atoms with Gasteiger partial charge >= 0.3 is 0 Å². The van der Waals surface area contributed by atoms with E-state index in [1.165, 1.54) is 6.07 Å². The molecule has 0 radical (unpaired) electrons. The lowest BCUT2D eigenvalue weighted by atomic mass is 10.2. The molecule has 2 rings (SSSR count). The number of hydrazine groups is 1. The van der Waals surface area contributed by atoms with E-state index in [4.69, 9.17) is 45.4 Å². The maximum Gasteiger partial charge on any atom is 0.240 e. The number of aromatic nitrogens is 1. The van der Waals surface area contributed by atoms with Crippen molar-refractivity contribution >= 4 is 40.6 Å². The number of benzene rings is 1. The van der Waals surface area contributed by atoms with Gasteiger partial charge in [0.05, 0.1) is 5.02 Å². The summed E-state index contributed by atoms with van der Waals surface area (Å²) in [6, 6.07) is 6.74. The Balaban J connectivity index is 2.37. The molecule has 0 spiro atoms. The van der Waals surface area contributed by atoms with E-state index in [9.17, 15) is 0 Å². The number of hydrogen-bond acceptors (Lipinski definition) is 4.